The third-order valence-corrected chi connectivity index (χ3v) is 10.9. The molecule has 3 amide bonds. The Kier molecular flexibility index (Phi) is 16.3. The lowest BCUT2D eigenvalue weighted by Crippen LogP contribution is -2.69. The zero-order chi connectivity index (χ0) is 41.7. The molecule has 3 aromatic carbocycles. The van der Waals surface area contributed by atoms with Gasteiger partial charge in [-0.05, 0) is 37.5 Å². The van der Waals surface area contributed by atoms with Crippen LogP contribution in [-0.2, 0) is 76.8 Å². The summed E-state index contributed by atoms with van der Waals surface area (Å²) in [5.74, 6) is 0. The smallest absolute Gasteiger partial charge is 0.207 e. The van der Waals surface area contributed by atoms with Gasteiger partial charge in [-0.2, -0.15) is 0 Å². The third kappa shape index (κ3) is 11.1. The summed E-state index contributed by atoms with van der Waals surface area (Å²) < 4.78 is 57.9. The number of ether oxygens (including phenoxy) is 9. The molecule has 3 aliphatic heterocycles. The highest BCUT2D eigenvalue weighted by atomic mass is 16.8. The van der Waals surface area contributed by atoms with E-state index in [-0.39, 0.29) is 19.8 Å². The highest BCUT2D eigenvalue weighted by Gasteiger charge is 2.55. The molecule has 16 heteroatoms. The number of nitrogens with one attached hydrogen (secondary N) is 3. The lowest BCUT2D eigenvalue weighted by molar-refractivity contribution is -0.378. The van der Waals surface area contributed by atoms with Crippen molar-refractivity contribution in [2.45, 2.75) is 133 Å². The molecule has 0 aromatic heterocycles. The molecule has 16 nitrogen and oxygen atoms in total. The van der Waals surface area contributed by atoms with E-state index in [1.807, 2.05) is 91.0 Å². The topological polar surface area (TPSA) is 191 Å². The number of methoxy groups -OCH3 is 1. The molecule has 59 heavy (non-hydrogen) atoms. The molecule has 0 saturated carbocycles. The van der Waals surface area contributed by atoms with Crippen LogP contribution in [0.5, 0.6) is 0 Å². The Morgan fingerprint density at radius 1 is 0.508 bits per heavy atom. The van der Waals surface area contributed by atoms with Gasteiger partial charge in [0, 0.05) is 7.11 Å². The Morgan fingerprint density at radius 3 is 1.25 bits per heavy atom. The van der Waals surface area contributed by atoms with Crippen LogP contribution in [0.3, 0.4) is 0 Å². The first-order valence-corrected chi connectivity index (χ1v) is 19.8. The first-order valence-electron chi connectivity index (χ1n) is 19.8. The molecule has 0 bridgehead atoms. The minimum Gasteiger partial charge on any atom is -0.385 e. The number of hydrogen-bond donors (Lipinski definition) is 4. The zero-order valence-electron chi connectivity index (χ0n) is 33.5. The Balaban J connectivity index is 1.35. The van der Waals surface area contributed by atoms with Crippen molar-refractivity contribution in [3.8, 4) is 0 Å². The summed E-state index contributed by atoms with van der Waals surface area (Å²) in [5, 5.41) is 20.4. The van der Waals surface area contributed by atoms with Gasteiger partial charge in [0.05, 0.1) is 56.3 Å². The highest BCUT2D eigenvalue weighted by molar-refractivity contribution is 5.48. The predicted molar refractivity (Wildman–Crippen MR) is 210 cm³/mol. The van der Waals surface area contributed by atoms with E-state index in [2.05, 4.69) is 16.0 Å². The molecule has 0 spiro atoms. The standard InChI is InChI=1S/C43H55N3O13/c1-26-32(44-23-47)36(52-20-29-14-8-5-9-15-29)35(50)41(55-26)58-40-38(54-22-31-18-12-7-13-19-31)34(46-25-49)28(3)57-43(40)59-39-37(53-21-30-16-10-6-11-17-30)33(45-24-48)27(2)56-42(39)51-4/h5-19,23-28,32-43,50H,20-22H2,1-4H3,(H,44,47)(H,45,48)(H,46,49)/t26-,27-,28+,32+,33-,34-,35-,36+,37-,38+,39+,40+,41+,42-,43-/m1/s1. The van der Waals surface area contributed by atoms with Crippen LogP contribution in [0.1, 0.15) is 37.5 Å². The van der Waals surface area contributed by atoms with Crippen LogP contribution in [0.4, 0.5) is 0 Å². The summed E-state index contributed by atoms with van der Waals surface area (Å²) in [5.41, 5.74) is 2.58. The van der Waals surface area contributed by atoms with Crippen LogP contribution in [0.25, 0.3) is 0 Å². The fraction of sp³-hybridized carbons (Fsp3) is 0.512. The fourth-order valence-electron chi connectivity index (χ4n) is 7.84. The summed E-state index contributed by atoms with van der Waals surface area (Å²) in [6, 6.07) is 26.2. The van der Waals surface area contributed by atoms with Crippen molar-refractivity contribution in [3.05, 3.63) is 108 Å². The van der Waals surface area contributed by atoms with Gasteiger partial charge in [0.1, 0.15) is 36.6 Å². The molecule has 3 fully saturated rings. The van der Waals surface area contributed by atoms with E-state index in [1.165, 1.54) is 7.11 Å². The Labute approximate surface area is 344 Å². The molecule has 6 rings (SSSR count). The second-order valence-electron chi connectivity index (χ2n) is 14.8. The maximum absolute atomic E-state index is 12.1. The molecular formula is C43H55N3O13. The molecule has 3 heterocycles. The van der Waals surface area contributed by atoms with Crippen molar-refractivity contribution in [2.75, 3.05) is 7.11 Å². The second-order valence-corrected chi connectivity index (χ2v) is 14.8. The maximum atomic E-state index is 12.1. The van der Waals surface area contributed by atoms with Gasteiger partial charge >= 0.3 is 0 Å². The summed E-state index contributed by atoms with van der Waals surface area (Å²) in [7, 11) is 1.47. The van der Waals surface area contributed by atoms with Crippen molar-refractivity contribution >= 4 is 19.2 Å². The average molecular weight is 822 g/mol. The van der Waals surface area contributed by atoms with E-state index in [1.54, 1.807) is 20.8 Å². The van der Waals surface area contributed by atoms with Crippen LogP contribution < -0.4 is 16.0 Å². The van der Waals surface area contributed by atoms with Crippen molar-refractivity contribution in [1.29, 1.82) is 0 Å². The SMILES string of the molecule is CO[C@@H]1O[C@H](C)[C@@H](NC=O)[C@@H](OCc2ccccc2)[C@@H]1O[C@H]1O[C@@H](C)[C@@H](NC=O)[C@H](OCc2ccccc2)[C@@H]1O[C@@H]1O[C@H](C)[C@H](NC=O)[C@H](OCc2ccccc2)[C@H]1O. The lowest BCUT2D eigenvalue weighted by atomic mass is 9.94. The van der Waals surface area contributed by atoms with Gasteiger partial charge in [-0.1, -0.05) is 91.0 Å². The van der Waals surface area contributed by atoms with Crippen LogP contribution >= 0.6 is 0 Å². The summed E-state index contributed by atoms with van der Waals surface area (Å²) in [4.78, 5) is 35.8. The fourth-order valence-corrected chi connectivity index (χ4v) is 7.84. The maximum Gasteiger partial charge on any atom is 0.207 e. The monoisotopic (exact) mass is 821 g/mol. The molecule has 0 aliphatic carbocycles. The number of amides is 3. The zero-order valence-corrected chi connectivity index (χ0v) is 33.5. The van der Waals surface area contributed by atoms with E-state index < -0.39 is 91.9 Å². The van der Waals surface area contributed by atoms with Gasteiger partial charge in [-0.3, -0.25) is 14.4 Å². The first-order chi connectivity index (χ1) is 28.8. The number of hydrogen-bond acceptors (Lipinski definition) is 13. The van der Waals surface area contributed by atoms with Crippen molar-refractivity contribution in [2.24, 2.45) is 0 Å². The molecule has 3 saturated heterocycles. The molecule has 15 atom stereocenters. The number of rotatable bonds is 20. The van der Waals surface area contributed by atoms with Crippen LogP contribution in [0.2, 0.25) is 0 Å². The van der Waals surface area contributed by atoms with Gasteiger partial charge in [0.2, 0.25) is 19.2 Å². The summed E-state index contributed by atoms with van der Waals surface area (Å²) in [6.45, 7) is 5.69. The van der Waals surface area contributed by atoms with Crippen molar-refractivity contribution < 1.29 is 62.1 Å². The van der Waals surface area contributed by atoms with E-state index >= 15 is 0 Å². The van der Waals surface area contributed by atoms with Crippen LogP contribution in [0, 0.1) is 0 Å². The largest absolute Gasteiger partial charge is 0.385 e. The number of carbonyl (C=O) groups is 3. The lowest BCUT2D eigenvalue weighted by Gasteiger charge is -2.51. The Bertz CT molecular complexity index is 1710. The highest BCUT2D eigenvalue weighted by Crippen LogP contribution is 2.36. The number of benzene rings is 3. The normalized spacial score (nSPS) is 34.6. The second kappa shape index (κ2) is 21.8. The Morgan fingerprint density at radius 2 is 0.847 bits per heavy atom. The molecule has 0 radical (unpaired) electrons. The van der Waals surface area contributed by atoms with E-state index in [0.717, 1.165) is 16.7 Å². The van der Waals surface area contributed by atoms with Gasteiger partial charge < -0.3 is 63.7 Å². The van der Waals surface area contributed by atoms with Crippen LogP contribution in [-0.4, -0.2) is 123 Å². The van der Waals surface area contributed by atoms with E-state index in [4.69, 9.17) is 42.6 Å². The Hall–Kier alpha value is -4.33. The average Bonchev–Trinajstić information content (AvgIpc) is 3.25. The molecule has 320 valence electrons. The minimum absolute atomic E-state index is 0.110. The van der Waals surface area contributed by atoms with Gasteiger partial charge in [0.25, 0.3) is 0 Å². The van der Waals surface area contributed by atoms with Gasteiger partial charge in [-0.25, -0.2) is 0 Å². The minimum atomic E-state index is -1.45. The summed E-state index contributed by atoms with van der Waals surface area (Å²) >= 11 is 0. The molecule has 3 aromatic rings. The van der Waals surface area contributed by atoms with Crippen molar-refractivity contribution in [3.63, 3.8) is 0 Å². The molecule has 4 N–H and O–H groups in total. The predicted octanol–water partition coefficient (Wildman–Crippen LogP) is 2.10. The third-order valence-electron chi connectivity index (χ3n) is 10.9. The summed E-state index contributed by atoms with van der Waals surface area (Å²) in [6.07, 6.45) is -10.5. The van der Waals surface area contributed by atoms with E-state index in [9.17, 15) is 19.5 Å². The molecule has 3 aliphatic rings. The first kappa shape index (κ1) is 44.2. The molecule has 0 unspecified atom stereocenters. The quantitative estimate of drug-likeness (QED) is 0.121. The number of aliphatic hydroxyl groups is 1. The van der Waals surface area contributed by atoms with Gasteiger partial charge in [0.15, 0.2) is 18.9 Å². The van der Waals surface area contributed by atoms with Crippen LogP contribution in [0.15, 0.2) is 91.0 Å². The van der Waals surface area contributed by atoms with E-state index in [0.29, 0.717) is 19.2 Å². The van der Waals surface area contributed by atoms with Gasteiger partial charge in [-0.15, -0.1) is 0 Å². The number of aliphatic hydroxyl groups excluding tert-OH is 1. The number of carbonyl (C=O) groups excluding carboxylic acids is 3. The molecular weight excluding hydrogens is 766 g/mol. The van der Waals surface area contributed by atoms with Crippen molar-refractivity contribution in [1.82, 2.24) is 16.0 Å².